The molecule has 3 aromatic carbocycles. The number of nitrogens with one attached hydrogen (secondary N) is 1. The van der Waals surface area contributed by atoms with Crippen LogP contribution in [-0.4, -0.2) is 44.8 Å². The molecule has 0 aliphatic heterocycles. The number of nitrogens with zero attached hydrogens (tertiary/aromatic N) is 2. The first-order chi connectivity index (χ1) is 17.4. The zero-order valence-corrected chi connectivity index (χ0v) is 23.2. The van der Waals surface area contributed by atoms with Crippen molar-refractivity contribution >= 4 is 39.1 Å². The van der Waals surface area contributed by atoms with E-state index in [4.69, 9.17) is 11.6 Å². The fraction of sp³-hybridized carbons (Fsp3) is 0.286. The van der Waals surface area contributed by atoms with Crippen molar-refractivity contribution in [3.05, 3.63) is 94.0 Å². The fourth-order valence-corrected chi connectivity index (χ4v) is 5.49. The van der Waals surface area contributed by atoms with E-state index in [1.165, 1.54) is 24.1 Å². The lowest BCUT2D eigenvalue weighted by atomic mass is 10.1. The average Bonchev–Trinajstić information content (AvgIpc) is 2.86. The maximum atomic E-state index is 13.8. The van der Waals surface area contributed by atoms with E-state index in [0.717, 1.165) is 26.6 Å². The van der Waals surface area contributed by atoms with Crippen LogP contribution in [0.1, 0.15) is 29.2 Å². The molecule has 7 nitrogen and oxygen atoms in total. The minimum absolute atomic E-state index is 0.0740. The van der Waals surface area contributed by atoms with Gasteiger partial charge in [0, 0.05) is 18.6 Å². The molecule has 0 fully saturated rings. The average molecular weight is 542 g/mol. The molecule has 3 rings (SSSR count). The molecule has 2 amide bonds. The molecule has 3 aromatic rings. The fourth-order valence-electron chi connectivity index (χ4n) is 3.87. The highest BCUT2D eigenvalue weighted by Crippen LogP contribution is 2.27. The van der Waals surface area contributed by atoms with E-state index in [0.29, 0.717) is 10.7 Å². The van der Waals surface area contributed by atoms with Gasteiger partial charge in [-0.25, -0.2) is 8.42 Å². The third-order valence-corrected chi connectivity index (χ3v) is 8.35. The molecule has 1 atom stereocenters. The van der Waals surface area contributed by atoms with Gasteiger partial charge in [-0.05, 0) is 80.8 Å². The van der Waals surface area contributed by atoms with Crippen LogP contribution >= 0.6 is 11.6 Å². The molecule has 0 radical (unpaired) electrons. The SMILES string of the molecule is CNC(=O)[C@H](C)N(Cc1cccc(Cl)c1)C(=O)CN(c1ccc(C)c(C)c1)S(=O)(=O)c1ccc(C)cc1. The molecule has 0 aromatic heterocycles. The summed E-state index contributed by atoms with van der Waals surface area (Å²) in [4.78, 5) is 27.7. The molecule has 196 valence electrons. The second-order valence-corrected chi connectivity index (χ2v) is 11.3. The van der Waals surface area contributed by atoms with Crippen molar-refractivity contribution in [3.63, 3.8) is 0 Å². The van der Waals surface area contributed by atoms with E-state index < -0.39 is 28.5 Å². The van der Waals surface area contributed by atoms with E-state index in [9.17, 15) is 18.0 Å². The maximum absolute atomic E-state index is 13.8. The van der Waals surface area contributed by atoms with Gasteiger partial charge >= 0.3 is 0 Å². The molecule has 0 heterocycles. The van der Waals surface area contributed by atoms with Crippen molar-refractivity contribution < 1.29 is 18.0 Å². The Hall–Kier alpha value is -3.36. The Morgan fingerprint density at radius 3 is 2.22 bits per heavy atom. The molecular formula is C28H32ClN3O4S. The van der Waals surface area contributed by atoms with Gasteiger partial charge in [-0.15, -0.1) is 0 Å². The molecular weight excluding hydrogens is 510 g/mol. The normalized spacial score (nSPS) is 12.1. The number of hydrogen-bond donors (Lipinski definition) is 1. The quantitative estimate of drug-likeness (QED) is 0.428. The molecule has 0 bridgehead atoms. The van der Waals surface area contributed by atoms with Crippen molar-refractivity contribution in [2.45, 2.75) is 45.2 Å². The molecule has 9 heteroatoms. The zero-order chi connectivity index (χ0) is 27.3. The summed E-state index contributed by atoms with van der Waals surface area (Å²) in [6.45, 7) is 6.89. The standard InChI is InChI=1S/C28H32ClN3O4S/c1-19-9-13-26(14-10-19)37(35,36)32(25-12-11-20(2)21(3)15-25)18-27(33)31(22(4)28(34)30-5)17-23-7-6-8-24(29)16-23/h6-16,22H,17-18H2,1-5H3,(H,30,34)/t22-/m0/s1. The highest BCUT2D eigenvalue weighted by Gasteiger charge is 2.32. The second kappa shape index (κ2) is 11.8. The Kier molecular flexibility index (Phi) is 8.99. The van der Waals surface area contributed by atoms with Gasteiger partial charge < -0.3 is 10.2 Å². The Balaban J connectivity index is 2.06. The van der Waals surface area contributed by atoms with Gasteiger partial charge in [0.25, 0.3) is 10.0 Å². The van der Waals surface area contributed by atoms with Gasteiger partial charge in [-0.3, -0.25) is 13.9 Å². The van der Waals surface area contributed by atoms with Gasteiger partial charge in [-0.1, -0.05) is 47.5 Å². The Morgan fingerprint density at radius 1 is 0.946 bits per heavy atom. The summed E-state index contributed by atoms with van der Waals surface area (Å²) in [7, 11) is -2.61. The number of likely N-dealkylation sites (N-methyl/N-ethyl adjacent to an activating group) is 1. The van der Waals surface area contributed by atoms with Crippen LogP contribution in [0.15, 0.2) is 71.6 Å². The summed E-state index contributed by atoms with van der Waals surface area (Å²) in [5, 5.41) is 3.06. The number of rotatable bonds is 9. The first kappa shape index (κ1) is 28.2. The van der Waals surface area contributed by atoms with Crippen LogP contribution in [0.5, 0.6) is 0 Å². The Labute approximate surface area is 224 Å². The lowest BCUT2D eigenvalue weighted by molar-refractivity contribution is -0.139. The monoisotopic (exact) mass is 541 g/mol. The molecule has 0 saturated carbocycles. The topological polar surface area (TPSA) is 86.8 Å². The van der Waals surface area contributed by atoms with Crippen LogP contribution in [0.25, 0.3) is 0 Å². The predicted octanol–water partition coefficient (Wildman–Crippen LogP) is 4.62. The second-order valence-electron chi connectivity index (χ2n) is 9.04. The number of halogens is 1. The number of carbonyl (C=O) groups excluding carboxylic acids is 2. The van der Waals surface area contributed by atoms with Gasteiger partial charge in [-0.2, -0.15) is 0 Å². The van der Waals surface area contributed by atoms with Crippen LogP contribution in [0, 0.1) is 20.8 Å². The smallest absolute Gasteiger partial charge is 0.264 e. The number of aryl methyl sites for hydroxylation is 3. The molecule has 0 aliphatic rings. The van der Waals surface area contributed by atoms with E-state index in [-0.39, 0.29) is 17.3 Å². The Bertz CT molecular complexity index is 1390. The third kappa shape index (κ3) is 6.70. The number of sulfonamides is 1. The van der Waals surface area contributed by atoms with E-state index in [1.54, 1.807) is 55.5 Å². The van der Waals surface area contributed by atoms with Crippen molar-refractivity contribution in [1.29, 1.82) is 0 Å². The largest absolute Gasteiger partial charge is 0.357 e. The van der Waals surface area contributed by atoms with Crippen LogP contribution in [0.3, 0.4) is 0 Å². The summed E-state index contributed by atoms with van der Waals surface area (Å²) in [6.07, 6.45) is 0. The lowest BCUT2D eigenvalue weighted by Crippen LogP contribution is -2.50. The minimum Gasteiger partial charge on any atom is -0.357 e. The lowest BCUT2D eigenvalue weighted by Gasteiger charge is -2.32. The molecule has 37 heavy (non-hydrogen) atoms. The van der Waals surface area contributed by atoms with Crippen LogP contribution in [0.2, 0.25) is 5.02 Å². The van der Waals surface area contributed by atoms with Gasteiger partial charge in [0.1, 0.15) is 12.6 Å². The summed E-state index contributed by atoms with van der Waals surface area (Å²) >= 11 is 6.14. The number of hydrogen-bond acceptors (Lipinski definition) is 4. The van der Waals surface area contributed by atoms with Gasteiger partial charge in [0.15, 0.2) is 0 Å². The van der Waals surface area contributed by atoms with Crippen LogP contribution in [-0.2, 0) is 26.2 Å². The van der Waals surface area contributed by atoms with Crippen molar-refractivity contribution in [3.8, 4) is 0 Å². The van der Waals surface area contributed by atoms with Gasteiger partial charge in [0.05, 0.1) is 10.6 Å². The predicted molar refractivity (Wildman–Crippen MR) is 147 cm³/mol. The summed E-state index contributed by atoms with van der Waals surface area (Å²) in [5.74, 6) is -0.889. The van der Waals surface area contributed by atoms with Crippen LogP contribution in [0.4, 0.5) is 5.69 Å². The highest BCUT2D eigenvalue weighted by atomic mass is 35.5. The van der Waals surface area contributed by atoms with Crippen molar-refractivity contribution in [2.75, 3.05) is 17.9 Å². The first-order valence-electron chi connectivity index (χ1n) is 11.9. The van der Waals surface area contributed by atoms with Crippen LogP contribution < -0.4 is 9.62 Å². The summed E-state index contributed by atoms with van der Waals surface area (Å²) in [5.41, 5.74) is 3.89. The van der Waals surface area contributed by atoms with Gasteiger partial charge in [0.2, 0.25) is 11.8 Å². The minimum atomic E-state index is -4.10. The molecule has 0 spiro atoms. The molecule has 1 N–H and O–H groups in total. The van der Waals surface area contributed by atoms with Crippen molar-refractivity contribution in [1.82, 2.24) is 10.2 Å². The third-order valence-electron chi connectivity index (χ3n) is 6.32. The summed E-state index contributed by atoms with van der Waals surface area (Å²) in [6, 6.07) is 17.9. The van der Waals surface area contributed by atoms with E-state index >= 15 is 0 Å². The number of benzene rings is 3. The number of carbonyl (C=O) groups is 2. The number of anilines is 1. The highest BCUT2D eigenvalue weighted by molar-refractivity contribution is 7.92. The van der Waals surface area contributed by atoms with Crippen molar-refractivity contribution in [2.24, 2.45) is 0 Å². The van der Waals surface area contributed by atoms with E-state index in [2.05, 4.69) is 5.32 Å². The number of amides is 2. The first-order valence-corrected chi connectivity index (χ1v) is 13.7. The molecule has 0 aliphatic carbocycles. The molecule has 0 saturated heterocycles. The summed E-state index contributed by atoms with van der Waals surface area (Å²) < 4.78 is 28.7. The zero-order valence-electron chi connectivity index (χ0n) is 21.7. The molecule has 0 unspecified atom stereocenters. The van der Waals surface area contributed by atoms with E-state index in [1.807, 2.05) is 26.8 Å². The maximum Gasteiger partial charge on any atom is 0.264 e. The Morgan fingerprint density at radius 2 is 1.62 bits per heavy atom.